The maximum Gasteiger partial charge on any atom is 0.261 e. The zero-order valence-electron chi connectivity index (χ0n) is 16.5. The van der Waals surface area contributed by atoms with Crippen LogP contribution in [-0.4, -0.2) is 46.4 Å². The summed E-state index contributed by atoms with van der Waals surface area (Å²) in [6, 6.07) is 5.40. The van der Waals surface area contributed by atoms with Gasteiger partial charge in [-0.2, -0.15) is 0 Å². The number of aryl methyl sites for hydroxylation is 2. The van der Waals surface area contributed by atoms with E-state index in [1.54, 1.807) is 4.40 Å². The lowest BCUT2D eigenvalue weighted by atomic mass is 10.1. The predicted molar refractivity (Wildman–Crippen MR) is 114 cm³/mol. The molecule has 0 atom stereocenters. The number of carbonyl (C=O) groups is 1. The van der Waals surface area contributed by atoms with E-state index in [-0.39, 0.29) is 11.5 Å². The van der Waals surface area contributed by atoms with Crippen LogP contribution in [0, 0.1) is 13.8 Å². The number of piperidine rings is 1. The SMILES string of the molecule is Cc1cc2nc3sc(C(=O)NCCCN4CCCCC4)cc(=O)n3c2cc1C. The van der Waals surface area contributed by atoms with Crippen LogP contribution in [0.25, 0.3) is 16.0 Å². The number of benzene rings is 1. The molecule has 0 unspecified atom stereocenters. The molecule has 0 bridgehead atoms. The van der Waals surface area contributed by atoms with Crippen molar-refractivity contribution in [3.05, 3.63) is 44.6 Å². The number of hydrogen-bond donors (Lipinski definition) is 1. The fraction of sp³-hybridized carbons (Fsp3) is 0.476. The van der Waals surface area contributed by atoms with Crippen molar-refractivity contribution in [3.8, 4) is 0 Å². The fourth-order valence-electron chi connectivity index (χ4n) is 3.78. The largest absolute Gasteiger partial charge is 0.351 e. The van der Waals surface area contributed by atoms with Gasteiger partial charge in [0.15, 0.2) is 4.96 Å². The molecule has 1 fully saturated rings. The van der Waals surface area contributed by atoms with Gasteiger partial charge in [-0.1, -0.05) is 17.8 Å². The number of carbonyl (C=O) groups excluding carboxylic acids is 1. The van der Waals surface area contributed by atoms with Crippen molar-refractivity contribution < 1.29 is 4.79 Å². The molecule has 1 aliphatic heterocycles. The summed E-state index contributed by atoms with van der Waals surface area (Å²) in [6.07, 6.45) is 4.81. The van der Waals surface area contributed by atoms with Gasteiger partial charge in [0.05, 0.1) is 11.0 Å². The Morgan fingerprint density at radius 2 is 1.89 bits per heavy atom. The van der Waals surface area contributed by atoms with Crippen LogP contribution in [0.4, 0.5) is 0 Å². The van der Waals surface area contributed by atoms with Crippen molar-refractivity contribution in [2.24, 2.45) is 0 Å². The Bertz CT molecular complexity index is 1080. The smallest absolute Gasteiger partial charge is 0.261 e. The summed E-state index contributed by atoms with van der Waals surface area (Å²) in [5, 5.41) is 2.95. The van der Waals surface area contributed by atoms with Gasteiger partial charge in [-0.15, -0.1) is 0 Å². The van der Waals surface area contributed by atoms with E-state index in [9.17, 15) is 9.59 Å². The molecule has 3 aromatic rings. The van der Waals surface area contributed by atoms with E-state index < -0.39 is 0 Å². The molecule has 1 saturated heterocycles. The highest BCUT2D eigenvalue weighted by molar-refractivity contribution is 7.18. The molecule has 7 heteroatoms. The molecule has 0 aliphatic carbocycles. The predicted octanol–water partition coefficient (Wildman–Crippen LogP) is 3.13. The first-order chi connectivity index (χ1) is 13.5. The molecule has 1 amide bonds. The van der Waals surface area contributed by atoms with E-state index in [4.69, 9.17) is 0 Å². The molecule has 28 heavy (non-hydrogen) atoms. The Morgan fingerprint density at radius 3 is 2.68 bits per heavy atom. The number of rotatable bonds is 5. The third-order valence-corrected chi connectivity index (χ3v) is 6.50. The Labute approximate surface area is 168 Å². The summed E-state index contributed by atoms with van der Waals surface area (Å²) < 4.78 is 1.60. The number of likely N-dealkylation sites (tertiary alicyclic amines) is 1. The maximum atomic E-state index is 12.7. The maximum absolute atomic E-state index is 12.7. The normalized spacial score (nSPS) is 15.4. The molecule has 1 N–H and O–H groups in total. The zero-order chi connectivity index (χ0) is 19.7. The first kappa shape index (κ1) is 19.1. The van der Waals surface area contributed by atoms with Gasteiger partial charge < -0.3 is 10.2 Å². The highest BCUT2D eigenvalue weighted by Gasteiger charge is 2.15. The van der Waals surface area contributed by atoms with Gasteiger partial charge in [0.1, 0.15) is 4.88 Å². The van der Waals surface area contributed by atoms with Crippen molar-refractivity contribution in [3.63, 3.8) is 0 Å². The summed E-state index contributed by atoms with van der Waals surface area (Å²) in [7, 11) is 0. The fourth-order valence-corrected chi connectivity index (χ4v) is 4.73. The number of aromatic nitrogens is 2. The van der Waals surface area contributed by atoms with Gasteiger partial charge >= 0.3 is 0 Å². The second-order valence-electron chi connectivity index (χ2n) is 7.62. The van der Waals surface area contributed by atoms with Crippen LogP contribution < -0.4 is 10.9 Å². The quantitative estimate of drug-likeness (QED) is 0.671. The third kappa shape index (κ3) is 3.82. The number of nitrogens with zero attached hydrogens (tertiary/aromatic N) is 3. The minimum absolute atomic E-state index is 0.192. The van der Waals surface area contributed by atoms with Gasteiger partial charge in [0.25, 0.3) is 11.5 Å². The summed E-state index contributed by atoms with van der Waals surface area (Å²) >= 11 is 1.26. The number of fused-ring (bicyclic) bond motifs is 3. The molecule has 0 saturated carbocycles. The second kappa shape index (κ2) is 8.01. The Hall–Kier alpha value is -2.25. The van der Waals surface area contributed by atoms with Crippen LogP contribution >= 0.6 is 11.3 Å². The summed E-state index contributed by atoms with van der Waals surface area (Å²) in [4.78, 5) is 33.2. The number of hydrogen-bond acceptors (Lipinski definition) is 5. The molecular weight excluding hydrogens is 372 g/mol. The Kier molecular flexibility index (Phi) is 5.46. The van der Waals surface area contributed by atoms with E-state index in [0.29, 0.717) is 16.4 Å². The molecule has 1 aromatic carbocycles. The lowest BCUT2D eigenvalue weighted by molar-refractivity contribution is 0.0955. The van der Waals surface area contributed by atoms with Gasteiger partial charge in [-0.05, 0) is 76.0 Å². The van der Waals surface area contributed by atoms with Crippen molar-refractivity contribution in [1.82, 2.24) is 19.6 Å². The van der Waals surface area contributed by atoms with Gasteiger partial charge in [-0.25, -0.2) is 4.98 Å². The first-order valence-electron chi connectivity index (χ1n) is 9.97. The van der Waals surface area contributed by atoms with E-state index >= 15 is 0 Å². The van der Waals surface area contributed by atoms with Crippen molar-refractivity contribution in [2.45, 2.75) is 39.5 Å². The monoisotopic (exact) mass is 398 g/mol. The molecule has 0 spiro atoms. The van der Waals surface area contributed by atoms with Crippen molar-refractivity contribution in [2.75, 3.05) is 26.2 Å². The Balaban J connectivity index is 1.48. The van der Waals surface area contributed by atoms with Gasteiger partial charge in [0.2, 0.25) is 0 Å². The average Bonchev–Trinajstić information content (AvgIpc) is 3.04. The lowest BCUT2D eigenvalue weighted by Crippen LogP contribution is -2.33. The molecule has 0 radical (unpaired) electrons. The number of nitrogens with one attached hydrogen (secondary N) is 1. The summed E-state index contributed by atoms with van der Waals surface area (Å²) in [5.41, 5.74) is 3.63. The van der Waals surface area contributed by atoms with E-state index in [2.05, 4.69) is 15.2 Å². The van der Waals surface area contributed by atoms with Crippen LogP contribution in [0.3, 0.4) is 0 Å². The highest BCUT2D eigenvalue weighted by atomic mass is 32.1. The van der Waals surface area contributed by atoms with Crippen LogP contribution in [0.2, 0.25) is 0 Å². The minimum Gasteiger partial charge on any atom is -0.351 e. The Morgan fingerprint density at radius 1 is 1.14 bits per heavy atom. The molecule has 2 aromatic heterocycles. The molecule has 148 valence electrons. The molecule has 3 heterocycles. The van der Waals surface area contributed by atoms with Crippen LogP contribution in [0.5, 0.6) is 0 Å². The molecular formula is C21H26N4O2S. The highest BCUT2D eigenvalue weighted by Crippen LogP contribution is 2.22. The second-order valence-corrected chi connectivity index (χ2v) is 8.62. The molecule has 1 aliphatic rings. The van der Waals surface area contributed by atoms with Gasteiger partial charge in [0, 0.05) is 12.6 Å². The third-order valence-electron chi connectivity index (χ3n) is 5.52. The lowest BCUT2D eigenvalue weighted by Gasteiger charge is -2.26. The van der Waals surface area contributed by atoms with E-state index in [1.807, 2.05) is 26.0 Å². The zero-order valence-corrected chi connectivity index (χ0v) is 17.3. The van der Waals surface area contributed by atoms with Crippen LogP contribution in [-0.2, 0) is 0 Å². The topological polar surface area (TPSA) is 66.7 Å². The van der Waals surface area contributed by atoms with E-state index in [1.165, 1.54) is 49.8 Å². The first-order valence-corrected chi connectivity index (χ1v) is 10.8. The van der Waals surface area contributed by atoms with Crippen LogP contribution in [0.1, 0.15) is 46.5 Å². The van der Waals surface area contributed by atoms with E-state index in [0.717, 1.165) is 35.1 Å². The van der Waals surface area contributed by atoms with Crippen molar-refractivity contribution in [1.29, 1.82) is 0 Å². The van der Waals surface area contributed by atoms with Crippen LogP contribution in [0.15, 0.2) is 23.0 Å². The standard InChI is InChI=1S/C21H26N4O2S/c1-14-11-16-17(12-15(14)2)25-19(26)13-18(28-21(25)23-16)20(27)22-7-6-10-24-8-4-3-5-9-24/h11-13H,3-10H2,1-2H3,(H,22,27). The number of amides is 1. The minimum atomic E-state index is -0.210. The van der Waals surface area contributed by atoms with Gasteiger partial charge in [-0.3, -0.25) is 14.0 Å². The molecule has 6 nitrogen and oxygen atoms in total. The molecule has 4 rings (SSSR count). The average molecular weight is 399 g/mol. The van der Waals surface area contributed by atoms with Crippen molar-refractivity contribution >= 4 is 33.2 Å². The number of imidazole rings is 1. The summed E-state index contributed by atoms with van der Waals surface area (Å²) in [5.74, 6) is -0.192. The summed E-state index contributed by atoms with van der Waals surface area (Å²) in [6.45, 7) is 8.02.